The summed E-state index contributed by atoms with van der Waals surface area (Å²) in [5, 5.41) is 5.68. The zero-order valence-electron chi connectivity index (χ0n) is 16.2. The number of carbonyl (C=O) groups excluding carboxylic acids is 2. The number of hydrogen-bond acceptors (Lipinski definition) is 6. The average molecular weight is 411 g/mol. The molecule has 2 aromatic rings. The first-order chi connectivity index (χ1) is 14.7. The van der Waals surface area contributed by atoms with Crippen LogP contribution in [-0.4, -0.2) is 44.5 Å². The number of ether oxygens (including phenoxy) is 4. The first kappa shape index (κ1) is 18.4. The molecule has 3 heterocycles. The Morgan fingerprint density at radius 2 is 1.70 bits per heavy atom. The van der Waals surface area contributed by atoms with Crippen LogP contribution in [0.15, 0.2) is 36.4 Å². The zero-order valence-corrected chi connectivity index (χ0v) is 16.2. The molecule has 9 nitrogen and oxygen atoms in total. The molecule has 1 atom stereocenters. The van der Waals surface area contributed by atoms with Crippen molar-refractivity contribution in [3.05, 3.63) is 42.0 Å². The third-order valence-electron chi connectivity index (χ3n) is 5.19. The molecular formula is C21H21N3O6. The van der Waals surface area contributed by atoms with Crippen molar-refractivity contribution in [2.45, 2.75) is 19.0 Å². The van der Waals surface area contributed by atoms with Crippen LogP contribution in [0.2, 0.25) is 0 Å². The minimum Gasteiger partial charge on any atom is -0.486 e. The first-order valence-corrected chi connectivity index (χ1v) is 9.78. The van der Waals surface area contributed by atoms with Gasteiger partial charge in [0.25, 0.3) is 0 Å². The molecule has 156 valence electrons. The maximum absolute atomic E-state index is 12.5. The van der Waals surface area contributed by atoms with E-state index in [0.717, 1.165) is 11.3 Å². The summed E-state index contributed by atoms with van der Waals surface area (Å²) in [4.78, 5) is 26.4. The van der Waals surface area contributed by atoms with Crippen molar-refractivity contribution in [1.82, 2.24) is 10.6 Å². The predicted octanol–water partition coefficient (Wildman–Crippen LogP) is 1.79. The van der Waals surface area contributed by atoms with Gasteiger partial charge in [0.15, 0.2) is 23.0 Å². The summed E-state index contributed by atoms with van der Waals surface area (Å²) in [7, 11) is 0. The van der Waals surface area contributed by atoms with E-state index >= 15 is 0 Å². The van der Waals surface area contributed by atoms with Gasteiger partial charge in [-0.25, -0.2) is 4.79 Å². The van der Waals surface area contributed by atoms with Crippen LogP contribution in [0.25, 0.3) is 0 Å². The molecule has 0 aliphatic carbocycles. The monoisotopic (exact) mass is 411 g/mol. The number of urea groups is 1. The quantitative estimate of drug-likeness (QED) is 0.796. The van der Waals surface area contributed by atoms with Gasteiger partial charge < -0.3 is 34.5 Å². The zero-order chi connectivity index (χ0) is 20.5. The molecule has 0 spiro atoms. The number of fused-ring (bicyclic) bond motifs is 2. The number of rotatable bonds is 4. The molecule has 30 heavy (non-hydrogen) atoms. The molecule has 0 radical (unpaired) electrons. The Labute approximate surface area is 172 Å². The standard InChI is InChI=1S/C21H21N3O6/c25-20-8-14(11-24(20)15-2-4-16-19(9-15)28-6-5-27-16)23-21(26)22-10-13-1-3-17-18(7-13)30-12-29-17/h1-4,7,9,14H,5-6,8,10-12H2,(H2,22,23,26). The van der Waals surface area contributed by atoms with E-state index < -0.39 is 0 Å². The van der Waals surface area contributed by atoms with E-state index in [-0.39, 0.29) is 31.2 Å². The number of nitrogens with zero attached hydrogens (tertiary/aromatic N) is 1. The Kier molecular flexibility index (Phi) is 4.70. The molecule has 5 rings (SSSR count). The summed E-state index contributed by atoms with van der Waals surface area (Å²) in [6, 6.07) is 10.4. The van der Waals surface area contributed by atoms with E-state index in [1.54, 1.807) is 17.0 Å². The summed E-state index contributed by atoms with van der Waals surface area (Å²) in [6.45, 7) is 1.95. The fourth-order valence-corrected chi connectivity index (χ4v) is 3.72. The van der Waals surface area contributed by atoms with Gasteiger partial charge in [-0.2, -0.15) is 0 Å². The van der Waals surface area contributed by atoms with Crippen LogP contribution in [0.3, 0.4) is 0 Å². The molecule has 1 fully saturated rings. The van der Waals surface area contributed by atoms with Crippen LogP contribution in [0, 0.1) is 0 Å². The minimum atomic E-state index is -0.325. The maximum atomic E-state index is 12.5. The maximum Gasteiger partial charge on any atom is 0.315 e. The number of anilines is 1. The highest BCUT2D eigenvalue weighted by atomic mass is 16.7. The SMILES string of the molecule is O=C(NCc1ccc2c(c1)OCO2)NC1CC(=O)N(c2ccc3c(c2)OCCO3)C1. The van der Waals surface area contributed by atoms with Gasteiger partial charge in [0, 0.05) is 31.3 Å². The largest absolute Gasteiger partial charge is 0.486 e. The lowest BCUT2D eigenvalue weighted by Gasteiger charge is -2.22. The lowest BCUT2D eigenvalue weighted by molar-refractivity contribution is -0.117. The van der Waals surface area contributed by atoms with Crippen LogP contribution >= 0.6 is 0 Å². The smallest absolute Gasteiger partial charge is 0.315 e. The van der Waals surface area contributed by atoms with Crippen LogP contribution in [0.5, 0.6) is 23.0 Å². The van der Waals surface area contributed by atoms with Gasteiger partial charge in [-0.05, 0) is 29.8 Å². The number of benzene rings is 2. The van der Waals surface area contributed by atoms with Gasteiger partial charge in [0.05, 0.1) is 6.04 Å². The van der Waals surface area contributed by atoms with Crippen LogP contribution in [-0.2, 0) is 11.3 Å². The van der Waals surface area contributed by atoms with Crippen LogP contribution in [0.4, 0.5) is 10.5 Å². The average Bonchev–Trinajstić information content (AvgIpc) is 3.37. The number of carbonyl (C=O) groups is 2. The number of hydrogen-bond donors (Lipinski definition) is 2. The lowest BCUT2D eigenvalue weighted by Crippen LogP contribution is -2.43. The molecule has 0 bridgehead atoms. The van der Waals surface area contributed by atoms with Gasteiger partial charge >= 0.3 is 6.03 Å². The fourth-order valence-electron chi connectivity index (χ4n) is 3.72. The Morgan fingerprint density at radius 1 is 0.967 bits per heavy atom. The van der Waals surface area contributed by atoms with E-state index in [1.165, 1.54) is 0 Å². The van der Waals surface area contributed by atoms with Crippen molar-refractivity contribution in [1.29, 1.82) is 0 Å². The van der Waals surface area contributed by atoms with Gasteiger partial charge in [0.2, 0.25) is 12.7 Å². The molecule has 2 N–H and O–H groups in total. The molecule has 3 aliphatic rings. The first-order valence-electron chi connectivity index (χ1n) is 9.78. The highest BCUT2D eigenvalue weighted by molar-refractivity contribution is 5.97. The third kappa shape index (κ3) is 3.66. The van der Waals surface area contributed by atoms with Crippen molar-refractivity contribution < 1.29 is 28.5 Å². The fraction of sp³-hybridized carbons (Fsp3) is 0.333. The van der Waals surface area contributed by atoms with Gasteiger partial charge in [0.1, 0.15) is 13.2 Å². The molecule has 0 saturated carbocycles. The van der Waals surface area contributed by atoms with Crippen molar-refractivity contribution >= 4 is 17.6 Å². The lowest BCUT2D eigenvalue weighted by atomic mass is 10.2. The van der Waals surface area contributed by atoms with Crippen LogP contribution in [0.1, 0.15) is 12.0 Å². The molecular weight excluding hydrogens is 390 g/mol. The normalized spacial score (nSPS) is 19.0. The van der Waals surface area contributed by atoms with E-state index in [0.29, 0.717) is 49.3 Å². The summed E-state index contributed by atoms with van der Waals surface area (Å²) in [6.07, 6.45) is 0.242. The molecule has 2 aromatic carbocycles. The Hall–Kier alpha value is -3.62. The second-order valence-corrected chi connectivity index (χ2v) is 7.25. The van der Waals surface area contributed by atoms with E-state index in [1.807, 2.05) is 24.3 Å². The predicted molar refractivity (Wildman–Crippen MR) is 106 cm³/mol. The van der Waals surface area contributed by atoms with Crippen molar-refractivity contribution in [2.24, 2.45) is 0 Å². The topological polar surface area (TPSA) is 98.4 Å². The van der Waals surface area contributed by atoms with Crippen molar-refractivity contribution in [2.75, 3.05) is 31.5 Å². The molecule has 3 aliphatic heterocycles. The highest BCUT2D eigenvalue weighted by Crippen LogP contribution is 2.35. The van der Waals surface area contributed by atoms with Crippen molar-refractivity contribution in [3.8, 4) is 23.0 Å². The highest BCUT2D eigenvalue weighted by Gasteiger charge is 2.32. The third-order valence-corrected chi connectivity index (χ3v) is 5.19. The summed E-state index contributed by atoms with van der Waals surface area (Å²) in [5.74, 6) is 2.63. The van der Waals surface area contributed by atoms with Gasteiger partial charge in [-0.15, -0.1) is 0 Å². The second-order valence-electron chi connectivity index (χ2n) is 7.25. The Morgan fingerprint density at radius 3 is 2.60 bits per heavy atom. The molecule has 0 aromatic heterocycles. The van der Waals surface area contributed by atoms with Gasteiger partial charge in [-0.1, -0.05) is 6.07 Å². The molecule has 3 amide bonds. The number of nitrogens with one attached hydrogen (secondary N) is 2. The number of amides is 3. The van der Waals surface area contributed by atoms with Crippen LogP contribution < -0.4 is 34.5 Å². The molecule has 1 saturated heterocycles. The summed E-state index contributed by atoms with van der Waals surface area (Å²) in [5.41, 5.74) is 1.63. The van der Waals surface area contributed by atoms with E-state index in [2.05, 4.69) is 10.6 Å². The summed E-state index contributed by atoms with van der Waals surface area (Å²) >= 11 is 0. The Balaban J connectivity index is 1.16. The van der Waals surface area contributed by atoms with E-state index in [9.17, 15) is 9.59 Å². The summed E-state index contributed by atoms with van der Waals surface area (Å²) < 4.78 is 21.7. The Bertz CT molecular complexity index is 995. The molecule has 1 unspecified atom stereocenters. The van der Waals surface area contributed by atoms with E-state index in [4.69, 9.17) is 18.9 Å². The second kappa shape index (κ2) is 7.66. The molecule has 9 heteroatoms. The van der Waals surface area contributed by atoms with Crippen molar-refractivity contribution in [3.63, 3.8) is 0 Å². The minimum absolute atomic E-state index is 0.0484. The van der Waals surface area contributed by atoms with Gasteiger partial charge in [-0.3, -0.25) is 4.79 Å².